The highest BCUT2D eigenvalue weighted by atomic mass is 16.6. The van der Waals surface area contributed by atoms with E-state index in [2.05, 4.69) is 12.1 Å². The minimum atomic E-state index is -0.151. The maximum absolute atomic E-state index is 11.3. The summed E-state index contributed by atoms with van der Waals surface area (Å²) in [6.45, 7) is 5.75. The average molecular weight is 304 g/mol. The first kappa shape index (κ1) is 16.7. The Morgan fingerprint density at radius 3 is 2.95 bits per heavy atom. The molecule has 4 nitrogen and oxygen atoms in total. The van der Waals surface area contributed by atoms with Gasteiger partial charge in [-0.05, 0) is 31.4 Å². The zero-order valence-electron chi connectivity index (χ0n) is 13.3. The van der Waals surface area contributed by atoms with E-state index in [0.717, 1.165) is 17.7 Å². The normalized spacial score (nSPS) is 18.4. The molecule has 0 radical (unpaired) electrons. The molecule has 120 valence electrons. The number of carbonyl (C=O) groups excluding carboxylic acids is 1. The molecule has 0 aromatic heterocycles. The quantitative estimate of drug-likeness (QED) is 0.517. The first-order chi connectivity index (χ1) is 10.7. The van der Waals surface area contributed by atoms with Crippen LogP contribution in [0.25, 0.3) is 6.08 Å². The van der Waals surface area contributed by atoms with Crippen molar-refractivity contribution in [2.75, 3.05) is 19.8 Å². The van der Waals surface area contributed by atoms with Gasteiger partial charge in [0.25, 0.3) is 0 Å². The summed E-state index contributed by atoms with van der Waals surface area (Å²) in [6.07, 6.45) is 5.44. The molecule has 1 aliphatic rings. The Hall–Kier alpha value is -1.65. The van der Waals surface area contributed by atoms with Crippen LogP contribution in [0.4, 0.5) is 0 Å². The lowest BCUT2D eigenvalue weighted by Gasteiger charge is -2.15. The van der Waals surface area contributed by atoms with Crippen LogP contribution in [0.1, 0.15) is 43.9 Å². The molecule has 0 amide bonds. The first-order valence-electron chi connectivity index (χ1n) is 7.85. The molecule has 1 fully saturated rings. The van der Waals surface area contributed by atoms with E-state index in [0.29, 0.717) is 26.1 Å². The van der Waals surface area contributed by atoms with Gasteiger partial charge >= 0.3 is 5.97 Å². The van der Waals surface area contributed by atoms with Crippen LogP contribution in [0.5, 0.6) is 0 Å². The molecule has 1 aromatic carbocycles. The Morgan fingerprint density at radius 2 is 2.23 bits per heavy atom. The van der Waals surface area contributed by atoms with Crippen LogP contribution in [0, 0.1) is 0 Å². The van der Waals surface area contributed by atoms with Crippen LogP contribution < -0.4 is 0 Å². The van der Waals surface area contributed by atoms with Crippen LogP contribution >= 0.6 is 0 Å². The maximum atomic E-state index is 11.3. The molecule has 0 bridgehead atoms. The fourth-order valence-corrected chi connectivity index (χ4v) is 2.18. The third kappa shape index (κ3) is 5.62. The van der Waals surface area contributed by atoms with E-state index in [9.17, 15) is 4.79 Å². The molecule has 2 rings (SSSR count). The maximum Gasteiger partial charge on any atom is 0.306 e. The average Bonchev–Trinajstić information content (AvgIpc) is 3.34. The SMILES string of the molecule is CCOC(=O)CCC=Cc1ccccc1[C@@H](C)OC[C@H]1CO1. The minimum absolute atomic E-state index is 0.0232. The standard InChI is InChI=1S/C18H24O4/c1-3-20-18(19)11-7-5-9-15-8-4-6-10-17(15)14(2)21-12-16-13-22-16/h4-6,8-10,14,16H,3,7,11-13H2,1-2H3/t14-,16+/m1/s1. The fraction of sp³-hybridized carbons (Fsp3) is 0.500. The van der Waals surface area contributed by atoms with Gasteiger partial charge in [-0.3, -0.25) is 4.79 Å². The second-order valence-electron chi connectivity index (χ2n) is 5.31. The molecule has 22 heavy (non-hydrogen) atoms. The van der Waals surface area contributed by atoms with Crippen molar-refractivity contribution >= 4 is 12.0 Å². The summed E-state index contributed by atoms with van der Waals surface area (Å²) >= 11 is 0. The van der Waals surface area contributed by atoms with Crippen molar-refractivity contribution in [1.29, 1.82) is 0 Å². The van der Waals surface area contributed by atoms with E-state index in [-0.39, 0.29) is 18.2 Å². The summed E-state index contributed by atoms with van der Waals surface area (Å²) in [4.78, 5) is 11.3. The van der Waals surface area contributed by atoms with Crippen molar-refractivity contribution in [3.63, 3.8) is 0 Å². The smallest absolute Gasteiger partial charge is 0.306 e. The highest BCUT2D eigenvalue weighted by Gasteiger charge is 2.23. The summed E-state index contributed by atoms with van der Waals surface area (Å²) in [5, 5.41) is 0. The number of rotatable bonds is 9. The van der Waals surface area contributed by atoms with E-state index in [1.54, 1.807) is 0 Å². The summed E-state index contributed by atoms with van der Waals surface area (Å²) in [5.74, 6) is -0.151. The van der Waals surface area contributed by atoms with Crippen LogP contribution in [-0.4, -0.2) is 31.9 Å². The molecule has 0 spiro atoms. The molecule has 0 N–H and O–H groups in total. The summed E-state index contributed by atoms with van der Waals surface area (Å²) in [7, 11) is 0. The molecule has 1 aromatic rings. The summed E-state index contributed by atoms with van der Waals surface area (Å²) < 4.78 is 15.9. The van der Waals surface area contributed by atoms with Gasteiger partial charge in [-0.15, -0.1) is 0 Å². The third-order valence-electron chi connectivity index (χ3n) is 3.49. The predicted octanol–water partition coefficient (Wildman–Crippen LogP) is 3.52. The number of benzene rings is 1. The van der Waals surface area contributed by atoms with Crippen molar-refractivity contribution in [3.8, 4) is 0 Å². The molecule has 2 atom stereocenters. The zero-order valence-corrected chi connectivity index (χ0v) is 13.3. The molecule has 4 heteroatoms. The largest absolute Gasteiger partial charge is 0.466 e. The van der Waals surface area contributed by atoms with E-state index in [1.165, 1.54) is 0 Å². The van der Waals surface area contributed by atoms with Gasteiger partial charge in [0, 0.05) is 6.42 Å². The lowest BCUT2D eigenvalue weighted by molar-refractivity contribution is -0.142. The summed E-state index contributed by atoms with van der Waals surface area (Å²) in [5.41, 5.74) is 2.27. The van der Waals surface area contributed by atoms with Crippen molar-refractivity contribution in [3.05, 3.63) is 41.5 Å². The number of carbonyl (C=O) groups is 1. The molecular formula is C18H24O4. The molecular weight excluding hydrogens is 280 g/mol. The van der Waals surface area contributed by atoms with Gasteiger partial charge in [-0.2, -0.15) is 0 Å². The van der Waals surface area contributed by atoms with E-state index >= 15 is 0 Å². The Kier molecular flexibility index (Phi) is 6.62. The van der Waals surface area contributed by atoms with Gasteiger partial charge in [-0.1, -0.05) is 36.4 Å². The highest BCUT2D eigenvalue weighted by molar-refractivity contribution is 5.69. The monoisotopic (exact) mass is 304 g/mol. The number of epoxide rings is 1. The highest BCUT2D eigenvalue weighted by Crippen LogP contribution is 2.24. The number of hydrogen-bond donors (Lipinski definition) is 0. The molecule has 1 aliphatic heterocycles. The fourth-order valence-electron chi connectivity index (χ4n) is 2.18. The third-order valence-corrected chi connectivity index (χ3v) is 3.49. The van der Waals surface area contributed by atoms with Crippen molar-refractivity contribution in [1.82, 2.24) is 0 Å². The topological polar surface area (TPSA) is 48.1 Å². The second kappa shape index (κ2) is 8.71. The minimum Gasteiger partial charge on any atom is -0.466 e. The first-order valence-corrected chi connectivity index (χ1v) is 7.85. The number of esters is 1. The van der Waals surface area contributed by atoms with Crippen LogP contribution in [0.2, 0.25) is 0 Å². The lowest BCUT2D eigenvalue weighted by Crippen LogP contribution is -2.07. The van der Waals surface area contributed by atoms with Crippen LogP contribution in [0.3, 0.4) is 0 Å². The molecule has 0 aliphatic carbocycles. The number of ether oxygens (including phenoxy) is 3. The van der Waals surface area contributed by atoms with Crippen molar-refractivity contribution < 1.29 is 19.0 Å². The Balaban J connectivity index is 1.87. The van der Waals surface area contributed by atoms with Crippen LogP contribution in [0.15, 0.2) is 30.3 Å². The van der Waals surface area contributed by atoms with Gasteiger partial charge < -0.3 is 14.2 Å². The molecule has 1 heterocycles. The van der Waals surface area contributed by atoms with Crippen molar-refractivity contribution in [2.45, 2.75) is 38.9 Å². The molecule has 0 unspecified atom stereocenters. The molecule has 0 saturated carbocycles. The number of allylic oxidation sites excluding steroid dienone is 1. The Morgan fingerprint density at radius 1 is 1.45 bits per heavy atom. The van der Waals surface area contributed by atoms with E-state index in [4.69, 9.17) is 14.2 Å². The van der Waals surface area contributed by atoms with Crippen LogP contribution in [-0.2, 0) is 19.0 Å². The van der Waals surface area contributed by atoms with Gasteiger partial charge in [0.15, 0.2) is 0 Å². The summed E-state index contributed by atoms with van der Waals surface area (Å²) in [6, 6.07) is 8.15. The van der Waals surface area contributed by atoms with Gasteiger partial charge in [0.2, 0.25) is 0 Å². The van der Waals surface area contributed by atoms with E-state index < -0.39 is 0 Å². The second-order valence-corrected chi connectivity index (χ2v) is 5.31. The Labute approximate surface area is 132 Å². The molecule has 1 saturated heterocycles. The predicted molar refractivity (Wildman–Crippen MR) is 85.5 cm³/mol. The van der Waals surface area contributed by atoms with Crippen molar-refractivity contribution in [2.24, 2.45) is 0 Å². The Bertz CT molecular complexity index is 506. The van der Waals surface area contributed by atoms with E-state index in [1.807, 2.05) is 38.1 Å². The van der Waals surface area contributed by atoms with Gasteiger partial charge in [0.05, 0.1) is 25.9 Å². The zero-order chi connectivity index (χ0) is 15.8. The van der Waals surface area contributed by atoms with Gasteiger partial charge in [-0.25, -0.2) is 0 Å². The van der Waals surface area contributed by atoms with Gasteiger partial charge in [0.1, 0.15) is 6.10 Å². The number of hydrogen-bond acceptors (Lipinski definition) is 4. The lowest BCUT2D eigenvalue weighted by atomic mass is 10.0.